The molecule has 0 aromatic rings. The van der Waals surface area contributed by atoms with Crippen molar-refractivity contribution in [2.45, 2.75) is 51.7 Å². The van der Waals surface area contributed by atoms with Gasteiger partial charge in [-0.25, -0.2) is 0 Å². The summed E-state index contributed by atoms with van der Waals surface area (Å²) in [4.78, 5) is 2.55. The molecule has 0 aromatic carbocycles. The first-order chi connectivity index (χ1) is 7.27. The molecule has 15 heavy (non-hydrogen) atoms. The monoisotopic (exact) mass is 215 g/mol. The molecular formula is C12H25NO2. The van der Waals surface area contributed by atoms with E-state index in [1.165, 1.54) is 12.8 Å². The van der Waals surface area contributed by atoms with Gasteiger partial charge in [0.05, 0.1) is 12.7 Å². The summed E-state index contributed by atoms with van der Waals surface area (Å²) in [5, 5.41) is 8.71. The van der Waals surface area contributed by atoms with Crippen LogP contribution in [0.1, 0.15) is 39.5 Å². The number of aliphatic hydroxyl groups excluding tert-OH is 1. The predicted octanol–water partition coefficient (Wildman–Crippen LogP) is 1.65. The van der Waals surface area contributed by atoms with E-state index in [-0.39, 0.29) is 0 Å². The first-order valence-electron chi connectivity index (χ1n) is 6.24. The van der Waals surface area contributed by atoms with Crippen molar-refractivity contribution in [2.75, 3.05) is 26.3 Å². The molecule has 0 amide bonds. The highest BCUT2D eigenvalue weighted by Gasteiger charge is 2.24. The lowest BCUT2D eigenvalue weighted by molar-refractivity contribution is -0.0561. The fraction of sp³-hybridized carbons (Fsp3) is 1.00. The topological polar surface area (TPSA) is 32.7 Å². The van der Waals surface area contributed by atoms with Crippen molar-refractivity contribution < 1.29 is 9.84 Å². The van der Waals surface area contributed by atoms with E-state index in [1.807, 2.05) is 0 Å². The minimum absolute atomic E-state index is 0.330. The van der Waals surface area contributed by atoms with Crippen LogP contribution in [0.3, 0.4) is 0 Å². The Morgan fingerprint density at radius 3 is 2.80 bits per heavy atom. The number of rotatable bonds is 6. The maximum atomic E-state index is 8.71. The zero-order valence-electron chi connectivity index (χ0n) is 10.1. The highest BCUT2D eigenvalue weighted by Crippen LogP contribution is 2.15. The summed E-state index contributed by atoms with van der Waals surface area (Å²) in [6, 6.07) is 0.607. The summed E-state index contributed by atoms with van der Waals surface area (Å²) in [5.74, 6) is 0. The van der Waals surface area contributed by atoms with Crippen molar-refractivity contribution in [3.05, 3.63) is 0 Å². The second-order valence-electron chi connectivity index (χ2n) is 4.49. The highest BCUT2D eigenvalue weighted by atomic mass is 16.5. The lowest BCUT2D eigenvalue weighted by Gasteiger charge is -2.38. The Labute approximate surface area is 93.4 Å². The van der Waals surface area contributed by atoms with Crippen molar-refractivity contribution in [1.82, 2.24) is 4.90 Å². The van der Waals surface area contributed by atoms with Gasteiger partial charge in [-0.15, -0.1) is 0 Å². The third kappa shape index (κ3) is 4.49. The van der Waals surface area contributed by atoms with Crippen LogP contribution in [0, 0.1) is 0 Å². The van der Waals surface area contributed by atoms with Crippen LogP contribution in [0.4, 0.5) is 0 Å². The molecule has 2 atom stereocenters. The van der Waals surface area contributed by atoms with Crippen LogP contribution < -0.4 is 0 Å². The van der Waals surface area contributed by atoms with Crippen LogP contribution in [0.2, 0.25) is 0 Å². The van der Waals surface area contributed by atoms with Gasteiger partial charge in [0.2, 0.25) is 0 Å². The van der Waals surface area contributed by atoms with Gasteiger partial charge in [-0.1, -0.05) is 6.92 Å². The second-order valence-corrected chi connectivity index (χ2v) is 4.49. The van der Waals surface area contributed by atoms with Crippen molar-refractivity contribution in [1.29, 1.82) is 0 Å². The number of aliphatic hydroxyl groups is 1. The summed E-state index contributed by atoms with van der Waals surface area (Å²) >= 11 is 0. The number of hydrogen-bond donors (Lipinski definition) is 1. The van der Waals surface area contributed by atoms with Crippen LogP contribution in [0.15, 0.2) is 0 Å². The maximum absolute atomic E-state index is 8.71. The fourth-order valence-corrected chi connectivity index (χ4v) is 2.17. The number of ether oxygens (including phenoxy) is 1. The number of unbranched alkanes of at least 4 members (excludes halogenated alkanes) is 2. The summed E-state index contributed by atoms with van der Waals surface area (Å²) in [6.07, 6.45) is 4.83. The normalized spacial score (nSPS) is 28.2. The van der Waals surface area contributed by atoms with Crippen LogP contribution in [0.25, 0.3) is 0 Å². The first kappa shape index (κ1) is 12.9. The lowest BCUT2D eigenvalue weighted by atomic mass is 10.1. The van der Waals surface area contributed by atoms with Crippen LogP contribution >= 0.6 is 0 Å². The molecule has 0 bridgehead atoms. The van der Waals surface area contributed by atoms with Gasteiger partial charge in [0.25, 0.3) is 0 Å². The van der Waals surface area contributed by atoms with Crippen LogP contribution in [-0.2, 0) is 4.74 Å². The molecule has 1 N–H and O–H groups in total. The third-order valence-electron chi connectivity index (χ3n) is 3.16. The molecule has 90 valence electrons. The molecule has 0 aliphatic carbocycles. The Hall–Kier alpha value is -0.120. The predicted molar refractivity (Wildman–Crippen MR) is 62.0 cm³/mol. The van der Waals surface area contributed by atoms with E-state index in [0.717, 1.165) is 32.5 Å². The van der Waals surface area contributed by atoms with E-state index in [2.05, 4.69) is 18.7 Å². The van der Waals surface area contributed by atoms with Gasteiger partial charge in [-0.2, -0.15) is 0 Å². The van der Waals surface area contributed by atoms with Gasteiger partial charge in [0.15, 0.2) is 0 Å². The summed E-state index contributed by atoms with van der Waals surface area (Å²) in [5.41, 5.74) is 0. The zero-order chi connectivity index (χ0) is 11.1. The first-order valence-corrected chi connectivity index (χ1v) is 6.24. The Morgan fingerprint density at radius 1 is 1.33 bits per heavy atom. The Balaban J connectivity index is 2.22. The molecule has 2 unspecified atom stereocenters. The molecule has 1 aliphatic rings. The Kier molecular flexibility index (Phi) is 6.22. The Morgan fingerprint density at radius 2 is 2.13 bits per heavy atom. The number of morpholine rings is 1. The smallest absolute Gasteiger partial charge is 0.0674 e. The molecule has 0 saturated carbocycles. The second kappa shape index (κ2) is 7.20. The van der Waals surface area contributed by atoms with Gasteiger partial charge in [0, 0.05) is 19.2 Å². The molecule has 0 aromatic heterocycles. The van der Waals surface area contributed by atoms with Gasteiger partial charge >= 0.3 is 0 Å². The fourth-order valence-electron chi connectivity index (χ4n) is 2.17. The Bertz CT molecular complexity index is 164. The van der Waals surface area contributed by atoms with E-state index in [0.29, 0.717) is 18.8 Å². The van der Waals surface area contributed by atoms with Crippen LogP contribution in [0.5, 0.6) is 0 Å². The molecule has 1 heterocycles. The summed E-state index contributed by atoms with van der Waals surface area (Å²) in [7, 11) is 0. The molecule has 1 aliphatic heterocycles. The van der Waals surface area contributed by atoms with Crippen molar-refractivity contribution >= 4 is 0 Å². The van der Waals surface area contributed by atoms with E-state index in [4.69, 9.17) is 9.84 Å². The van der Waals surface area contributed by atoms with E-state index >= 15 is 0 Å². The highest BCUT2D eigenvalue weighted by molar-refractivity contribution is 4.77. The average molecular weight is 215 g/mol. The quantitative estimate of drug-likeness (QED) is 0.684. The van der Waals surface area contributed by atoms with E-state index in [9.17, 15) is 0 Å². The minimum Gasteiger partial charge on any atom is -0.396 e. The average Bonchev–Trinajstić information content (AvgIpc) is 2.25. The van der Waals surface area contributed by atoms with Gasteiger partial charge in [-0.05, 0) is 39.2 Å². The minimum atomic E-state index is 0.330. The molecule has 3 nitrogen and oxygen atoms in total. The van der Waals surface area contributed by atoms with Gasteiger partial charge in [0.1, 0.15) is 0 Å². The number of hydrogen-bond acceptors (Lipinski definition) is 3. The largest absolute Gasteiger partial charge is 0.396 e. The van der Waals surface area contributed by atoms with Gasteiger partial charge in [-0.3, -0.25) is 4.90 Å². The summed E-state index contributed by atoms with van der Waals surface area (Å²) < 4.78 is 5.66. The van der Waals surface area contributed by atoms with Crippen molar-refractivity contribution in [3.8, 4) is 0 Å². The van der Waals surface area contributed by atoms with Crippen LogP contribution in [-0.4, -0.2) is 48.5 Å². The maximum Gasteiger partial charge on any atom is 0.0674 e. The third-order valence-corrected chi connectivity index (χ3v) is 3.16. The molecular weight excluding hydrogens is 190 g/mol. The van der Waals surface area contributed by atoms with E-state index < -0.39 is 0 Å². The van der Waals surface area contributed by atoms with E-state index in [1.54, 1.807) is 0 Å². The molecule has 1 fully saturated rings. The lowest BCUT2D eigenvalue weighted by Crippen LogP contribution is -2.48. The molecule has 3 heteroatoms. The molecule has 1 rings (SSSR count). The summed E-state index contributed by atoms with van der Waals surface area (Å²) in [6.45, 7) is 7.82. The molecule has 0 spiro atoms. The zero-order valence-corrected chi connectivity index (χ0v) is 10.1. The molecule has 1 saturated heterocycles. The van der Waals surface area contributed by atoms with Crippen molar-refractivity contribution in [3.63, 3.8) is 0 Å². The number of nitrogens with zero attached hydrogens (tertiary/aromatic N) is 1. The standard InChI is InChI=1S/C12H25NO2/c1-3-12-10-15-11(2)9-13(12)7-5-4-6-8-14/h11-12,14H,3-10H2,1-2H3. The molecule has 0 radical (unpaired) electrons. The SMILES string of the molecule is CCC1COC(C)CN1CCCCCO. The van der Waals surface area contributed by atoms with Crippen molar-refractivity contribution in [2.24, 2.45) is 0 Å². The van der Waals surface area contributed by atoms with Gasteiger partial charge < -0.3 is 9.84 Å².